The molecule has 0 saturated heterocycles. The average Bonchev–Trinajstić information content (AvgIpc) is 2.39. The molecule has 0 aliphatic rings. The van der Waals surface area contributed by atoms with E-state index in [4.69, 9.17) is 33.7 Å². The number of aromatic hydroxyl groups is 1. The summed E-state index contributed by atoms with van der Waals surface area (Å²) in [7, 11) is 0. The smallest absolute Gasteiger partial charge is 0.166 e. The number of nitrogens with zero attached hydrogens (tertiary/aromatic N) is 1. The lowest BCUT2D eigenvalue weighted by atomic mass is 10.1. The monoisotopic (exact) mass is 376 g/mol. The van der Waals surface area contributed by atoms with E-state index < -0.39 is 6.10 Å². The Morgan fingerprint density at radius 3 is 2.80 bits per heavy atom. The third kappa shape index (κ3) is 3.11. The van der Waals surface area contributed by atoms with Crippen LogP contribution in [0.25, 0.3) is 0 Å². The SMILES string of the molecule is CC(Oc1cc(Br)cnc1N)c1c(Cl)ccc(O)c1Cl. The van der Waals surface area contributed by atoms with Crippen LogP contribution in [0.4, 0.5) is 5.82 Å². The van der Waals surface area contributed by atoms with Gasteiger partial charge in [-0.15, -0.1) is 0 Å². The van der Waals surface area contributed by atoms with Gasteiger partial charge in [0.15, 0.2) is 11.6 Å². The molecule has 20 heavy (non-hydrogen) atoms. The predicted molar refractivity (Wildman–Crippen MR) is 83.5 cm³/mol. The third-order valence-corrected chi connectivity index (χ3v) is 3.83. The third-order valence-electron chi connectivity index (χ3n) is 2.66. The lowest BCUT2D eigenvalue weighted by Crippen LogP contribution is -2.07. The second-order valence-electron chi connectivity index (χ2n) is 4.09. The van der Waals surface area contributed by atoms with Crippen LogP contribution >= 0.6 is 39.1 Å². The molecule has 1 heterocycles. The molecule has 0 radical (unpaired) electrons. The Bertz CT molecular complexity index is 653. The summed E-state index contributed by atoms with van der Waals surface area (Å²) in [5, 5.41) is 10.2. The number of aromatic nitrogens is 1. The van der Waals surface area contributed by atoms with Gasteiger partial charge in [0.1, 0.15) is 11.9 Å². The van der Waals surface area contributed by atoms with Crippen LogP contribution in [0.3, 0.4) is 0 Å². The number of phenols is 1. The van der Waals surface area contributed by atoms with E-state index in [0.29, 0.717) is 16.3 Å². The first-order chi connectivity index (χ1) is 9.40. The molecule has 0 bridgehead atoms. The Balaban J connectivity index is 2.35. The fourth-order valence-corrected chi connectivity index (χ4v) is 2.69. The molecule has 0 aliphatic carbocycles. The van der Waals surface area contributed by atoms with Crippen molar-refractivity contribution in [2.45, 2.75) is 13.0 Å². The van der Waals surface area contributed by atoms with Crippen molar-refractivity contribution in [3.63, 3.8) is 0 Å². The summed E-state index contributed by atoms with van der Waals surface area (Å²) in [5.41, 5.74) is 6.24. The van der Waals surface area contributed by atoms with Crippen LogP contribution in [-0.4, -0.2) is 10.1 Å². The number of halogens is 3. The molecule has 1 unspecified atom stereocenters. The Morgan fingerprint density at radius 2 is 2.10 bits per heavy atom. The molecule has 0 fully saturated rings. The van der Waals surface area contributed by atoms with Gasteiger partial charge in [-0.05, 0) is 41.1 Å². The molecule has 1 aromatic carbocycles. The number of anilines is 1. The van der Waals surface area contributed by atoms with Crippen molar-refractivity contribution in [1.29, 1.82) is 0 Å². The van der Waals surface area contributed by atoms with Gasteiger partial charge in [-0.25, -0.2) is 4.98 Å². The summed E-state index contributed by atoms with van der Waals surface area (Å²) >= 11 is 15.5. The zero-order valence-electron chi connectivity index (χ0n) is 10.4. The van der Waals surface area contributed by atoms with Crippen LogP contribution in [0.1, 0.15) is 18.6 Å². The summed E-state index contributed by atoms with van der Waals surface area (Å²) in [6.07, 6.45) is 1.07. The van der Waals surface area contributed by atoms with E-state index in [1.807, 2.05) is 0 Å². The highest BCUT2D eigenvalue weighted by molar-refractivity contribution is 9.10. The van der Waals surface area contributed by atoms with E-state index in [-0.39, 0.29) is 16.6 Å². The molecule has 106 valence electrons. The fraction of sp³-hybridized carbons (Fsp3) is 0.154. The highest BCUT2D eigenvalue weighted by atomic mass is 79.9. The van der Waals surface area contributed by atoms with Crippen LogP contribution in [0.2, 0.25) is 10.0 Å². The lowest BCUT2D eigenvalue weighted by molar-refractivity contribution is 0.227. The highest BCUT2D eigenvalue weighted by Gasteiger charge is 2.19. The Hall–Kier alpha value is -1.17. The second-order valence-corrected chi connectivity index (χ2v) is 5.79. The quantitative estimate of drug-likeness (QED) is 0.821. The minimum atomic E-state index is -0.500. The van der Waals surface area contributed by atoms with E-state index in [2.05, 4.69) is 20.9 Å². The first-order valence-electron chi connectivity index (χ1n) is 5.64. The van der Waals surface area contributed by atoms with Crippen LogP contribution in [0, 0.1) is 0 Å². The number of hydrogen-bond acceptors (Lipinski definition) is 4. The summed E-state index contributed by atoms with van der Waals surface area (Å²) < 4.78 is 6.47. The zero-order valence-corrected chi connectivity index (χ0v) is 13.5. The van der Waals surface area contributed by atoms with Crippen molar-refractivity contribution in [3.05, 3.63) is 44.5 Å². The van der Waals surface area contributed by atoms with Gasteiger partial charge in [-0.3, -0.25) is 0 Å². The van der Waals surface area contributed by atoms with Gasteiger partial charge in [0.05, 0.1) is 5.02 Å². The highest BCUT2D eigenvalue weighted by Crippen LogP contribution is 2.39. The standard InChI is InChI=1S/C13H11BrCl2N2O2/c1-6(11-8(15)2-3-9(19)12(11)16)20-10-4-7(14)5-18-13(10)17/h2-6,19H,1H3,(H2,17,18). The van der Waals surface area contributed by atoms with Crippen molar-refractivity contribution in [1.82, 2.24) is 4.98 Å². The molecule has 0 saturated carbocycles. The van der Waals surface area contributed by atoms with Gasteiger partial charge >= 0.3 is 0 Å². The van der Waals surface area contributed by atoms with Gasteiger partial charge in [0, 0.05) is 21.3 Å². The van der Waals surface area contributed by atoms with E-state index in [1.54, 1.807) is 25.3 Å². The molecule has 1 aromatic heterocycles. The number of nitrogen functional groups attached to an aromatic ring is 1. The molecule has 2 rings (SSSR count). The number of pyridine rings is 1. The number of rotatable bonds is 3. The van der Waals surface area contributed by atoms with Gasteiger partial charge in [0.2, 0.25) is 0 Å². The van der Waals surface area contributed by atoms with Crippen LogP contribution in [-0.2, 0) is 0 Å². The number of hydrogen-bond donors (Lipinski definition) is 2. The van der Waals surface area contributed by atoms with Crippen molar-refractivity contribution in [3.8, 4) is 11.5 Å². The van der Waals surface area contributed by atoms with Crippen LogP contribution < -0.4 is 10.5 Å². The Morgan fingerprint density at radius 1 is 1.40 bits per heavy atom. The summed E-state index contributed by atoms with van der Waals surface area (Å²) in [6.45, 7) is 1.76. The van der Waals surface area contributed by atoms with Gasteiger partial charge in [-0.1, -0.05) is 23.2 Å². The van der Waals surface area contributed by atoms with Crippen molar-refractivity contribution in [2.75, 3.05) is 5.73 Å². The van der Waals surface area contributed by atoms with Crippen molar-refractivity contribution < 1.29 is 9.84 Å². The topological polar surface area (TPSA) is 68.4 Å². The normalized spacial score (nSPS) is 12.2. The Kier molecular flexibility index (Phi) is 4.62. The largest absolute Gasteiger partial charge is 0.506 e. The summed E-state index contributed by atoms with van der Waals surface area (Å²) in [6, 6.07) is 4.68. The number of phenolic OH excluding ortho intramolecular Hbond substituents is 1. The molecule has 2 aromatic rings. The van der Waals surface area contributed by atoms with E-state index in [9.17, 15) is 5.11 Å². The van der Waals surface area contributed by atoms with Gasteiger partial charge < -0.3 is 15.6 Å². The molecule has 0 spiro atoms. The second kappa shape index (κ2) is 6.08. The molecule has 4 nitrogen and oxygen atoms in total. The van der Waals surface area contributed by atoms with E-state index >= 15 is 0 Å². The first-order valence-corrected chi connectivity index (χ1v) is 7.19. The van der Waals surface area contributed by atoms with Crippen molar-refractivity contribution in [2.24, 2.45) is 0 Å². The van der Waals surface area contributed by atoms with Crippen LogP contribution in [0.5, 0.6) is 11.5 Å². The van der Waals surface area contributed by atoms with E-state index in [1.165, 1.54) is 6.07 Å². The van der Waals surface area contributed by atoms with Crippen molar-refractivity contribution >= 4 is 44.9 Å². The zero-order chi connectivity index (χ0) is 14.9. The van der Waals surface area contributed by atoms with E-state index in [0.717, 1.165) is 4.47 Å². The molecule has 0 amide bonds. The predicted octanol–water partition coefficient (Wildman–Crippen LogP) is 4.58. The Labute approximate surface area is 134 Å². The fourth-order valence-electron chi connectivity index (χ4n) is 1.71. The maximum Gasteiger partial charge on any atom is 0.166 e. The molecule has 3 N–H and O–H groups in total. The first kappa shape index (κ1) is 15.2. The molecular formula is C13H11BrCl2N2O2. The minimum Gasteiger partial charge on any atom is -0.506 e. The minimum absolute atomic E-state index is 0.0538. The summed E-state index contributed by atoms with van der Waals surface area (Å²) in [4.78, 5) is 3.98. The van der Waals surface area contributed by atoms with Gasteiger partial charge in [-0.2, -0.15) is 0 Å². The maximum absolute atomic E-state index is 9.65. The average molecular weight is 378 g/mol. The molecule has 0 aliphatic heterocycles. The molecular weight excluding hydrogens is 367 g/mol. The molecule has 7 heteroatoms. The lowest BCUT2D eigenvalue weighted by Gasteiger charge is -2.19. The van der Waals surface area contributed by atoms with Gasteiger partial charge in [0.25, 0.3) is 0 Å². The number of ether oxygens (including phenoxy) is 1. The number of nitrogens with two attached hydrogens (primary N) is 1. The molecule has 1 atom stereocenters. The number of benzene rings is 1. The summed E-state index contributed by atoms with van der Waals surface area (Å²) in [5.74, 6) is 0.608. The maximum atomic E-state index is 9.65. The van der Waals surface area contributed by atoms with Crippen LogP contribution in [0.15, 0.2) is 28.9 Å².